The maximum atomic E-state index is 11.6. The minimum Gasteiger partial charge on any atom is -0.469 e. The number of rotatable bonds is 5. The molecule has 1 fully saturated rings. The van der Waals surface area contributed by atoms with Crippen LogP contribution in [0.25, 0.3) is 0 Å². The molecule has 2 unspecified atom stereocenters. The summed E-state index contributed by atoms with van der Waals surface area (Å²) in [7, 11) is 1.46. The summed E-state index contributed by atoms with van der Waals surface area (Å²) in [4.78, 5) is 14.1. The van der Waals surface area contributed by atoms with Crippen LogP contribution in [0.1, 0.15) is 40.0 Å². The van der Waals surface area contributed by atoms with Gasteiger partial charge in [0.25, 0.3) is 0 Å². The number of piperidine rings is 1. The van der Waals surface area contributed by atoms with Crippen molar-refractivity contribution in [2.75, 3.05) is 26.7 Å². The Morgan fingerprint density at radius 2 is 2.16 bits per heavy atom. The quantitative estimate of drug-likeness (QED) is 0.788. The highest BCUT2D eigenvalue weighted by Gasteiger charge is 2.30. The molecular weight excluding hydrogens is 264 g/mol. The number of hydrogen-bond donors (Lipinski definition) is 1. The normalized spacial score (nSPS) is 22.5. The Kier molecular flexibility index (Phi) is 7.94. The van der Waals surface area contributed by atoms with Gasteiger partial charge in [-0.05, 0) is 59.0 Å². The van der Waals surface area contributed by atoms with Gasteiger partial charge >= 0.3 is 5.97 Å². The van der Waals surface area contributed by atoms with Crippen LogP contribution >= 0.6 is 12.4 Å². The van der Waals surface area contributed by atoms with Gasteiger partial charge in [-0.2, -0.15) is 0 Å². The third-order valence-electron chi connectivity index (χ3n) is 4.08. The summed E-state index contributed by atoms with van der Waals surface area (Å²) in [5, 5.41) is 0. The molecule has 1 aliphatic rings. The van der Waals surface area contributed by atoms with Gasteiger partial charge in [-0.25, -0.2) is 0 Å². The molecule has 4 nitrogen and oxygen atoms in total. The van der Waals surface area contributed by atoms with E-state index in [0.717, 1.165) is 26.1 Å². The van der Waals surface area contributed by atoms with Gasteiger partial charge in [0.15, 0.2) is 0 Å². The number of methoxy groups -OCH3 is 1. The van der Waals surface area contributed by atoms with Crippen LogP contribution in [0.4, 0.5) is 0 Å². The van der Waals surface area contributed by atoms with Gasteiger partial charge in [0.2, 0.25) is 0 Å². The fourth-order valence-electron chi connectivity index (χ4n) is 2.54. The number of esters is 1. The summed E-state index contributed by atoms with van der Waals surface area (Å²) in [5.74, 6) is 0.475. The number of carbonyl (C=O) groups is 1. The molecule has 0 saturated carbocycles. The molecule has 5 heteroatoms. The lowest BCUT2D eigenvalue weighted by Crippen LogP contribution is -2.43. The van der Waals surface area contributed by atoms with Crippen LogP contribution in [0.3, 0.4) is 0 Å². The average molecular weight is 293 g/mol. The molecule has 0 aliphatic carbocycles. The summed E-state index contributed by atoms with van der Waals surface area (Å²) >= 11 is 0. The van der Waals surface area contributed by atoms with Crippen molar-refractivity contribution < 1.29 is 9.53 Å². The first-order chi connectivity index (χ1) is 8.36. The summed E-state index contributed by atoms with van der Waals surface area (Å²) in [6.07, 6.45) is 3.28. The first kappa shape index (κ1) is 18.7. The van der Waals surface area contributed by atoms with Crippen LogP contribution in [-0.4, -0.2) is 43.7 Å². The number of likely N-dealkylation sites (tertiary alicyclic amines) is 1. The van der Waals surface area contributed by atoms with Crippen molar-refractivity contribution in [3.8, 4) is 0 Å². The summed E-state index contributed by atoms with van der Waals surface area (Å²) in [6.45, 7) is 9.13. The zero-order chi connectivity index (χ0) is 13.8. The predicted molar refractivity (Wildman–Crippen MR) is 80.5 cm³/mol. The molecule has 0 amide bonds. The van der Waals surface area contributed by atoms with Gasteiger partial charge in [0, 0.05) is 12.6 Å². The molecule has 0 bridgehead atoms. The lowest BCUT2D eigenvalue weighted by Gasteiger charge is -2.36. The zero-order valence-corrected chi connectivity index (χ0v) is 13.5. The van der Waals surface area contributed by atoms with Gasteiger partial charge < -0.3 is 15.4 Å². The second-order valence-electron chi connectivity index (χ2n) is 6.19. The van der Waals surface area contributed by atoms with Crippen LogP contribution in [0.5, 0.6) is 0 Å². The SMILES string of the molecule is COC(=O)C(C)(C)CCN1CCCC(C(C)N)C1.Cl. The third kappa shape index (κ3) is 5.67. The maximum absolute atomic E-state index is 11.6. The number of carbonyl (C=O) groups excluding carboxylic acids is 1. The average Bonchev–Trinajstić information content (AvgIpc) is 2.35. The largest absolute Gasteiger partial charge is 0.469 e. The topological polar surface area (TPSA) is 55.6 Å². The Bertz CT molecular complexity index is 283. The molecule has 114 valence electrons. The van der Waals surface area contributed by atoms with Gasteiger partial charge in [-0.1, -0.05) is 0 Å². The van der Waals surface area contributed by atoms with Crippen molar-refractivity contribution in [1.29, 1.82) is 0 Å². The minimum absolute atomic E-state index is 0. The summed E-state index contributed by atoms with van der Waals surface area (Å²) in [6, 6.07) is 0.265. The minimum atomic E-state index is -0.393. The van der Waals surface area contributed by atoms with Gasteiger partial charge in [0.05, 0.1) is 12.5 Å². The summed E-state index contributed by atoms with van der Waals surface area (Å²) in [5.41, 5.74) is 5.59. The Morgan fingerprint density at radius 1 is 1.53 bits per heavy atom. The van der Waals surface area contributed by atoms with E-state index in [4.69, 9.17) is 10.5 Å². The van der Waals surface area contributed by atoms with Crippen LogP contribution < -0.4 is 5.73 Å². The lowest BCUT2D eigenvalue weighted by molar-refractivity contribution is -0.151. The van der Waals surface area contributed by atoms with Crippen molar-refractivity contribution >= 4 is 18.4 Å². The summed E-state index contributed by atoms with van der Waals surface area (Å²) < 4.78 is 4.84. The molecule has 1 heterocycles. The number of halogens is 1. The van der Waals surface area contributed by atoms with Crippen LogP contribution in [0.2, 0.25) is 0 Å². The molecule has 0 aromatic heterocycles. The monoisotopic (exact) mass is 292 g/mol. The van der Waals surface area contributed by atoms with Crippen LogP contribution in [0, 0.1) is 11.3 Å². The van der Waals surface area contributed by atoms with E-state index in [2.05, 4.69) is 11.8 Å². The fraction of sp³-hybridized carbons (Fsp3) is 0.929. The second-order valence-corrected chi connectivity index (χ2v) is 6.19. The third-order valence-corrected chi connectivity index (χ3v) is 4.08. The molecule has 0 aromatic rings. The van der Waals surface area contributed by atoms with E-state index < -0.39 is 5.41 Å². The van der Waals surface area contributed by atoms with E-state index in [1.807, 2.05) is 13.8 Å². The van der Waals surface area contributed by atoms with Crippen LogP contribution in [-0.2, 0) is 9.53 Å². The molecule has 1 aliphatic heterocycles. The maximum Gasteiger partial charge on any atom is 0.311 e. The highest BCUT2D eigenvalue weighted by Crippen LogP contribution is 2.25. The first-order valence-electron chi connectivity index (χ1n) is 6.93. The second kappa shape index (κ2) is 8.08. The number of hydrogen-bond acceptors (Lipinski definition) is 4. The van der Waals surface area contributed by atoms with E-state index in [1.165, 1.54) is 20.0 Å². The van der Waals surface area contributed by atoms with Crippen molar-refractivity contribution in [2.45, 2.75) is 46.1 Å². The molecule has 1 saturated heterocycles. The van der Waals surface area contributed by atoms with E-state index in [1.54, 1.807) is 0 Å². The van der Waals surface area contributed by atoms with E-state index in [-0.39, 0.29) is 24.4 Å². The standard InChI is InChI=1S/C14H28N2O2.ClH/c1-11(15)12-6-5-8-16(10-12)9-7-14(2,3)13(17)18-4;/h11-12H,5-10,15H2,1-4H3;1H. The van der Waals surface area contributed by atoms with E-state index in [9.17, 15) is 4.79 Å². The van der Waals surface area contributed by atoms with Crippen molar-refractivity contribution in [3.05, 3.63) is 0 Å². The van der Waals surface area contributed by atoms with Gasteiger partial charge in [-0.3, -0.25) is 4.79 Å². The molecule has 0 aromatic carbocycles. The molecule has 1 rings (SSSR count). The Labute approximate surface area is 123 Å². The molecule has 0 radical (unpaired) electrons. The molecule has 2 atom stereocenters. The van der Waals surface area contributed by atoms with Crippen molar-refractivity contribution in [2.24, 2.45) is 17.1 Å². The Hall–Kier alpha value is -0.320. The smallest absolute Gasteiger partial charge is 0.311 e. The van der Waals surface area contributed by atoms with E-state index in [0.29, 0.717) is 5.92 Å². The predicted octanol–water partition coefficient (Wildman–Crippen LogP) is 2.06. The highest BCUT2D eigenvalue weighted by molar-refractivity contribution is 5.85. The molecule has 0 spiro atoms. The highest BCUT2D eigenvalue weighted by atomic mass is 35.5. The number of nitrogens with zero attached hydrogens (tertiary/aromatic N) is 1. The van der Waals surface area contributed by atoms with Crippen LogP contribution in [0.15, 0.2) is 0 Å². The number of nitrogens with two attached hydrogens (primary N) is 1. The fourth-order valence-corrected chi connectivity index (χ4v) is 2.54. The zero-order valence-electron chi connectivity index (χ0n) is 12.6. The Morgan fingerprint density at radius 3 is 2.68 bits per heavy atom. The number of ether oxygens (including phenoxy) is 1. The first-order valence-corrected chi connectivity index (χ1v) is 6.93. The Balaban J connectivity index is 0.00000324. The molecular formula is C14H29ClN2O2. The molecule has 2 N–H and O–H groups in total. The van der Waals surface area contributed by atoms with Crippen molar-refractivity contribution in [1.82, 2.24) is 4.90 Å². The molecule has 19 heavy (non-hydrogen) atoms. The lowest BCUT2D eigenvalue weighted by atomic mass is 9.87. The van der Waals surface area contributed by atoms with Gasteiger partial charge in [-0.15, -0.1) is 12.4 Å². The van der Waals surface area contributed by atoms with Gasteiger partial charge in [0.1, 0.15) is 0 Å². The van der Waals surface area contributed by atoms with E-state index >= 15 is 0 Å². The van der Waals surface area contributed by atoms with Crippen molar-refractivity contribution in [3.63, 3.8) is 0 Å².